The number of rotatable bonds is 3. The predicted molar refractivity (Wildman–Crippen MR) is 92.6 cm³/mol. The molecule has 0 aromatic heterocycles. The minimum absolute atomic E-state index is 0.514. The number of halogens is 2. The van der Waals surface area contributed by atoms with Crippen molar-refractivity contribution in [1.82, 2.24) is 10.2 Å². The number of hydrogen-bond donors (Lipinski definition) is 1. The molecule has 2 saturated heterocycles. The van der Waals surface area contributed by atoms with Gasteiger partial charge in [-0.3, -0.25) is 4.90 Å². The van der Waals surface area contributed by atoms with Crippen LogP contribution in [0.3, 0.4) is 0 Å². The Balaban J connectivity index is 1.87. The summed E-state index contributed by atoms with van der Waals surface area (Å²) in [6.07, 6.45) is 2.34. The van der Waals surface area contributed by atoms with Crippen LogP contribution in [0.15, 0.2) is 27.1 Å². The van der Waals surface area contributed by atoms with E-state index in [0.717, 1.165) is 48.3 Å². The van der Waals surface area contributed by atoms with Crippen molar-refractivity contribution < 1.29 is 4.74 Å². The molecule has 0 amide bonds. The fourth-order valence-corrected chi connectivity index (χ4v) is 4.11. The Morgan fingerprint density at radius 1 is 1.10 bits per heavy atom. The lowest BCUT2D eigenvalue weighted by Gasteiger charge is -2.41. The number of nitrogens with zero attached hydrogens (tertiary/aromatic N) is 1. The Labute approximate surface area is 143 Å². The summed E-state index contributed by atoms with van der Waals surface area (Å²) in [5, 5.41) is 3.46. The molecular formula is C16H22Br2N2O. The van der Waals surface area contributed by atoms with Crippen LogP contribution >= 0.6 is 31.9 Å². The van der Waals surface area contributed by atoms with Crippen LogP contribution in [0.1, 0.15) is 24.4 Å². The summed E-state index contributed by atoms with van der Waals surface area (Å²) in [5.74, 6) is 0.699. The van der Waals surface area contributed by atoms with Crippen LogP contribution in [0.4, 0.5) is 0 Å². The lowest BCUT2D eigenvalue weighted by molar-refractivity contribution is 0.0213. The van der Waals surface area contributed by atoms with Crippen LogP contribution < -0.4 is 5.32 Å². The molecule has 1 atom stereocenters. The molecule has 2 heterocycles. The smallest absolute Gasteiger partial charge is 0.0469 e. The van der Waals surface area contributed by atoms with Crippen molar-refractivity contribution in [3.8, 4) is 0 Å². The molecule has 2 fully saturated rings. The molecule has 116 valence electrons. The van der Waals surface area contributed by atoms with E-state index in [0.29, 0.717) is 12.0 Å². The molecule has 0 spiro atoms. The van der Waals surface area contributed by atoms with Crippen molar-refractivity contribution in [1.29, 1.82) is 0 Å². The lowest BCUT2D eigenvalue weighted by Crippen LogP contribution is -2.47. The summed E-state index contributed by atoms with van der Waals surface area (Å²) >= 11 is 7.24. The normalized spacial score (nSPS) is 23.1. The minimum Gasteiger partial charge on any atom is -0.381 e. The van der Waals surface area contributed by atoms with Crippen LogP contribution in [-0.4, -0.2) is 44.3 Å². The first-order valence-corrected chi connectivity index (χ1v) is 9.32. The largest absolute Gasteiger partial charge is 0.381 e. The number of ether oxygens (including phenoxy) is 1. The summed E-state index contributed by atoms with van der Waals surface area (Å²) < 4.78 is 7.84. The molecule has 0 aliphatic carbocycles. The molecule has 0 radical (unpaired) electrons. The molecule has 1 aromatic rings. The third kappa shape index (κ3) is 3.88. The molecule has 1 aromatic carbocycles. The quantitative estimate of drug-likeness (QED) is 0.813. The summed E-state index contributed by atoms with van der Waals surface area (Å²) in [6.45, 7) is 6.27. The second kappa shape index (κ2) is 7.55. The average molecular weight is 418 g/mol. The Bertz CT molecular complexity index is 453. The van der Waals surface area contributed by atoms with Crippen LogP contribution in [0.25, 0.3) is 0 Å². The third-order valence-electron chi connectivity index (χ3n) is 4.54. The van der Waals surface area contributed by atoms with Gasteiger partial charge >= 0.3 is 0 Å². The minimum atomic E-state index is 0.514. The highest BCUT2D eigenvalue weighted by atomic mass is 79.9. The van der Waals surface area contributed by atoms with Gasteiger partial charge in [-0.05, 0) is 68.3 Å². The van der Waals surface area contributed by atoms with E-state index in [-0.39, 0.29) is 0 Å². The second-order valence-corrected chi connectivity index (χ2v) is 7.56. The topological polar surface area (TPSA) is 24.5 Å². The van der Waals surface area contributed by atoms with Crippen molar-refractivity contribution in [2.75, 3.05) is 39.4 Å². The van der Waals surface area contributed by atoms with Gasteiger partial charge in [0.2, 0.25) is 0 Å². The fourth-order valence-electron chi connectivity index (χ4n) is 3.47. The maximum absolute atomic E-state index is 5.57. The highest BCUT2D eigenvalue weighted by Crippen LogP contribution is 2.37. The molecule has 5 heteroatoms. The first kappa shape index (κ1) is 15.9. The van der Waals surface area contributed by atoms with E-state index >= 15 is 0 Å². The molecule has 2 aliphatic rings. The first-order valence-electron chi connectivity index (χ1n) is 7.73. The van der Waals surface area contributed by atoms with Gasteiger partial charge in [0.15, 0.2) is 0 Å². The van der Waals surface area contributed by atoms with Gasteiger partial charge in [-0.15, -0.1) is 0 Å². The Kier molecular flexibility index (Phi) is 5.73. The Morgan fingerprint density at radius 3 is 2.48 bits per heavy atom. The van der Waals surface area contributed by atoms with Crippen LogP contribution in [-0.2, 0) is 4.74 Å². The summed E-state index contributed by atoms with van der Waals surface area (Å²) in [7, 11) is 0. The highest BCUT2D eigenvalue weighted by Gasteiger charge is 2.31. The Hall–Kier alpha value is 0.0600. The first-order chi connectivity index (χ1) is 10.3. The lowest BCUT2D eigenvalue weighted by atomic mass is 9.85. The van der Waals surface area contributed by atoms with Crippen molar-refractivity contribution in [2.24, 2.45) is 5.92 Å². The van der Waals surface area contributed by atoms with E-state index in [9.17, 15) is 0 Å². The highest BCUT2D eigenvalue weighted by molar-refractivity contribution is 9.13. The monoisotopic (exact) mass is 416 g/mol. The zero-order valence-corrected chi connectivity index (χ0v) is 15.3. The molecule has 1 N–H and O–H groups in total. The zero-order chi connectivity index (χ0) is 14.7. The average Bonchev–Trinajstić information content (AvgIpc) is 2.53. The van der Waals surface area contributed by atoms with Crippen molar-refractivity contribution in [3.05, 3.63) is 32.7 Å². The summed E-state index contributed by atoms with van der Waals surface area (Å²) in [6, 6.07) is 7.23. The van der Waals surface area contributed by atoms with Gasteiger partial charge in [0.05, 0.1) is 0 Å². The van der Waals surface area contributed by atoms with Gasteiger partial charge in [0.25, 0.3) is 0 Å². The van der Waals surface area contributed by atoms with Crippen LogP contribution in [0.2, 0.25) is 0 Å². The summed E-state index contributed by atoms with van der Waals surface area (Å²) in [4.78, 5) is 2.65. The van der Waals surface area contributed by atoms with E-state index in [1.165, 1.54) is 18.4 Å². The van der Waals surface area contributed by atoms with Crippen LogP contribution in [0.5, 0.6) is 0 Å². The second-order valence-electron chi connectivity index (χ2n) is 5.85. The number of piperazine rings is 1. The zero-order valence-electron chi connectivity index (χ0n) is 12.2. The van der Waals surface area contributed by atoms with Gasteiger partial charge in [0.1, 0.15) is 0 Å². The molecule has 0 bridgehead atoms. The third-order valence-corrected chi connectivity index (χ3v) is 6.42. The standard InChI is InChI=1S/C16H22Br2N2O/c17-14-2-1-13(11-15(14)18)16(12-3-9-21-10-4-12)20-7-5-19-6-8-20/h1-2,11-12,16,19H,3-10H2/t16-/m1/s1. The van der Waals surface area contributed by atoms with Gasteiger partial charge < -0.3 is 10.1 Å². The SMILES string of the molecule is Brc1ccc([C@@H](C2CCOCC2)N2CCNCC2)cc1Br. The molecule has 3 nitrogen and oxygen atoms in total. The van der Waals surface area contributed by atoms with Gasteiger partial charge in [-0.2, -0.15) is 0 Å². The molecule has 0 unspecified atom stereocenters. The predicted octanol–water partition coefficient (Wildman–Crippen LogP) is 3.58. The van der Waals surface area contributed by atoms with Crippen molar-refractivity contribution in [3.63, 3.8) is 0 Å². The van der Waals surface area contributed by atoms with E-state index in [2.05, 4.69) is 60.3 Å². The molecule has 0 saturated carbocycles. The van der Waals surface area contributed by atoms with Crippen LogP contribution in [0, 0.1) is 5.92 Å². The van der Waals surface area contributed by atoms with Gasteiger partial charge in [0, 0.05) is 54.4 Å². The van der Waals surface area contributed by atoms with E-state index in [1.807, 2.05) is 0 Å². The maximum atomic E-state index is 5.57. The van der Waals surface area contributed by atoms with Crippen molar-refractivity contribution >= 4 is 31.9 Å². The molecule has 21 heavy (non-hydrogen) atoms. The molecule has 3 rings (SSSR count). The van der Waals surface area contributed by atoms with E-state index < -0.39 is 0 Å². The molecule has 2 aliphatic heterocycles. The molecular weight excluding hydrogens is 396 g/mol. The summed E-state index contributed by atoms with van der Waals surface area (Å²) in [5.41, 5.74) is 1.43. The maximum Gasteiger partial charge on any atom is 0.0469 e. The number of hydrogen-bond acceptors (Lipinski definition) is 3. The Morgan fingerprint density at radius 2 is 1.81 bits per heavy atom. The van der Waals surface area contributed by atoms with E-state index in [4.69, 9.17) is 4.74 Å². The number of nitrogens with one attached hydrogen (secondary N) is 1. The fraction of sp³-hybridized carbons (Fsp3) is 0.625. The number of benzene rings is 1. The van der Waals surface area contributed by atoms with E-state index in [1.54, 1.807) is 0 Å². The van der Waals surface area contributed by atoms with Crippen molar-refractivity contribution in [2.45, 2.75) is 18.9 Å². The van der Waals surface area contributed by atoms with Gasteiger partial charge in [-0.1, -0.05) is 6.07 Å². The van der Waals surface area contributed by atoms with Gasteiger partial charge in [-0.25, -0.2) is 0 Å².